The predicted octanol–water partition coefficient (Wildman–Crippen LogP) is 2.01. The molecule has 21 heavy (non-hydrogen) atoms. The summed E-state index contributed by atoms with van der Waals surface area (Å²) in [5.41, 5.74) is 0.396. The molecule has 0 spiro atoms. The summed E-state index contributed by atoms with van der Waals surface area (Å²) in [6, 6.07) is 6.83. The maximum atomic E-state index is 12.9. The van der Waals surface area contributed by atoms with Gasteiger partial charge in [0, 0.05) is 25.2 Å². The van der Waals surface area contributed by atoms with Crippen molar-refractivity contribution < 1.29 is 17.2 Å². The van der Waals surface area contributed by atoms with Gasteiger partial charge in [0.2, 0.25) is 9.84 Å². The summed E-state index contributed by atoms with van der Waals surface area (Å²) in [6.45, 7) is 1.34. The Hall–Kier alpha value is -1.21. The number of nitrogens with zero attached hydrogens (tertiary/aromatic N) is 1. The zero-order chi connectivity index (χ0) is 15.0. The molecule has 3 rings (SSSR count). The molecular weight excluding hydrogens is 298 g/mol. The number of benzene rings is 1. The average Bonchev–Trinajstić information content (AvgIpc) is 2.78. The minimum Gasteiger partial charge on any atom is -0.369 e. The van der Waals surface area contributed by atoms with E-state index in [9.17, 15) is 17.2 Å². The highest BCUT2D eigenvalue weighted by atomic mass is 32.2. The van der Waals surface area contributed by atoms with Gasteiger partial charge in [-0.3, -0.25) is 0 Å². The minimum atomic E-state index is -4.58. The molecule has 2 bridgehead atoms. The molecule has 2 unspecified atom stereocenters. The van der Waals surface area contributed by atoms with Gasteiger partial charge in [0.25, 0.3) is 0 Å². The van der Waals surface area contributed by atoms with Crippen LogP contribution in [0.3, 0.4) is 0 Å². The summed E-state index contributed by atoms with van der Waals surface area (Å²) in [5.74, 6) is -3.39. The van der Waals surface area contributed by atoms with E-state index in [4.69, 9.17) is 0 Å². The zero-order valence-corrected chi connectivity index (χ0v) is 12.3. The second-order valence-corrected chi connectivity index (χ2v) is 7.53. The Bertz CT molecular complexity index is 621. The number of hydrogen-bond donors (Lipinski definition) is 1. The Morgan fingerprint density at radius 2 is 1.86 bits per heavy atom. The van der Waals surface area contributed by atoms with Crippen LogP contribution in [0.25, 0.3) is 0 Å². The molecular formula is C14H18F2N2O2S. The molecule has 2 fully saturated rings. The Balaban J connectivity index is 1.96. The molecule has 1 N–H and O–H groups in total. The molecule has 0 amide bonds. The molecule has 2 heterocycles. The van der Waals surface area contributed by atoms with Crippen molar-refractivity contribution in [3.05, 3.63) is 24.3 Å². The first-order valence-electron chi connectivity index (χ1n) is 7.10. The predicted molar refractivity (Wildman–Crippen MR) is 76.4 cm³/mol. The van der Waals surface area contributed by atoms with Gasteiger partial charge in [0.15, 0.2) is 0 Å². The van der Waals surface area contributed by atoms with Gasteiger partial charge < -0.3 is 10.2 Å². The molecule has 4 nitrogen and oxygen atoms in total. The van der Waals surface area contributed by atoms with Crippen molar-refractivity contribution >= 4 is 15.5 Å². The Kier molecular flexibility index (Phi) is 3.88. The van der Waals surface area contributed by atoms with Gasteiger partial charge in [-0.15, -0.1) is 0 Å². The van der Waals surface area contributed by atoms with Crippen LogP contribution in [0.4, 0.5) is 14.5 Å². The lowest BCUT2D eigenvalue weighted by Crippen LogP contribution is -2.36. The number of sulfone groups is 1. The third-order valence-electron chi connectivity index (χ3n) is 4.27. The van der Waals surface area contributed by atoms with E-state index in [1.54, 1.807) is 12.1 Å². The largest absolute Gasteiger partial charge is 0.369 e. The van der Waals surface area contributed by atoms with Gasteiger partial charge in [-0.2, -0.15) is 8.78 Å². The van der Waals surface area contributed by atoms with Gasteiger partial charge in [0.05, 0.1) is 10.6 Å². The number of halogens is 2. The summed E-state index contributed by atoms with van der Waals surface area (Å²) in [5, 5.41) is 3.49. The first kappa shape index (κ1) is 14.7. The number of alkyl halides is 2. The quantitative estimate of drug-likeness (QED) is 0.927. The number of para-hydroxylation sites is 1. The van der Waals surface area contributed by atoms with Crippen molar-refractivity contribution in [1.29, 1.82) is 0 Å². The molecule has 1 aromatic rings. The SMILES string of the molecule is O=S(=O)(c1ccccc1N1CCC2CCC(C1)N2)C(F)F. The summed E-state index contributed by atoms with van der Waals surface area (Å²) in [4.78, 5) is 1.66. The van der Waals surface area contributed by atoms with E-state index in [0.29, 0.717) is 30.9 Å². The lowest BCUT2D eigenvalue weighted by molar-refractivity contribution is 0.235. The van der Waals surface area contributed by atoms with Crippen molar-refractivity contribution in [2.45, 2.75) is 42.0 Å². The second-order valence-electron chi connectivity index (χ2n) is 5.65. The normalized spacial score (nSPS) is 26.1. The van der Waals surface area contributed by atoms with Crippen LogP contribution in [0.5, 0.6) is 0 Å². The minimum absolute atomic E-state index is 0.266. The number of nitrogens with one attached hydrogen (secondary N) is 1. The summed E-state index contributed by atoms with van der Waals surface area (Å²) < 4.78 is 49.4. The molecule has 0 radical (unpaired) electrons. The summed E-state index contributed by atoms with van der Waals surface area (Å²) >= 11 is 0. The maximum absolute atomic E-state index is 12.9. The molecule has 116 valence electrons. The van der Waals surface area contributed by atoms with Crippen molar-refractivity contribution in [2.75, 3.05) is 18.0 Å². The molecule has 0 saturated carbocycles. The van der Waals surface area contributed by atoms with Gasteiger partial charge in [-0.05, 0) is 31.4 Å². The van der Waals surface area contributed by atoms with Crippen LogP contribution in [0, 0.1) is 0 Å². The van der Waals surface area contributed by atoms with Crippen LogP contribution in [0.2, 0.25) is 0 Å². The molecule has 7 heteroatoms. The fraction of sp³-hybridized carbons (Fsp3) is 0.571. The van der Waals surface area contributed by atoms with Crippen LogP contribution in [-0.2, 0) is 9.84 Å². The van der Waals surface area contributed by atoms with E-state index in [0.717, 1.165) is 19.3 Å². The van der Waals surface area contributed by atoms with E-state index in [1.165, 1.54) is 12.1 Å². The summed E-state index contributed by atoms with van der Waals surface area (Å²) in [7, 11) is -4.58. The average molecular weight is 316 g/mol. The molecule has 2 aliphatic rings. The van der Waals surface area contributed by atoms with Gasteiger partial charge in [0.1, 0.15) is 0 Å². The molecule has 2 aliphatic heterocycles. The van der Waals surface area contributed by atoms with Crippen LogP contribution in [0.15, 0.2) is 29.2 Å². The number of hydrogen-bond acceptors (Lipinski definition) is 4. The van der Waals surface area contributed by atoms with Gasteiger partial charge in [-0.25, -0.2) is 8.42 Å². The van der Waals surface area contributed by atoms with E-state index in [1.807, 2.05) is 4.90 Å². The van der Waals surface area contributed by atoms with Crippen molar-refractivity contribution in [3.63, 3.8) is 0 Å². The number of fused-ring (bicyclic) bond motifs is 2. The van der Waals surface area contributed by atoms with E-state index < -0.39 is 15.6 Å². The van der Waals surface area contributed by atoms with Crippen molar-refractivity contribution in [2.24, 2.45) is 0 Å². The van der Waals surface area contributed by atoms with Gasteiger partial charge >= 0.3 is 5.76 Å². The first-order valence-corrected chi connectivity index (χ1v) is 8.65. The lowest BCUT2D eigenvalue weighted by Gasteiger charge is -2.28. The Labute approximate surface area is 123 Å². The first-order chi connectivity index (χ1) is 9.98. The zero-order valence-electron chi connectivity index (χ0n) is 11.5. The number of anilines is 1. The fourth-order valence-corrected chi connectivity index (χ4v) is 4.17. The molecule has 2 saturated heterocycles. The third kappa shape index (κ3) is 2.76. The van der Waals surface area contributed by atoms with Crippen LogP contribution in [0.1, 0.15) is 19.3 Å². The van der Waals surface area contributed by atoms with Crippen molar-refractivity contribution in [3.8, 4) is 0 Å². The standard InChI is InChI=1S/C14H18F2N2O2S/c15-14(16)21(19,20)13-4-2-1-3-12(13)18-8-7-10-5-6-11(9-18)17-10/h1-4,10-11,14,17H,5-9H2. The van der Waals surface area contributed by atoms with Crippen molar-refractivity contribution in [1.82, 2.24) is 5.32 Å². The lowest BCUT2D eigenvalue weighted by atomic mass is 10.1. The second kappa shape index (κ2) is 5.53. The molecule has 0 aliphatic carbocycles. The third-order valence-corrected chi connectivity index (χ3v) is 5.70. The fourth-order valence-electron chi connectivity index (χ4n) is 3.22. The monoisotopic (exact) mass is 316 g/mol. The van der Waals surface area contributed by atoms with Crippen LogP contribution >= 0.6 is 0 Å². The number of rotatable bonds is 3. The highest BCUT2D eigenvalue weighted by Gasteiger charge is 2.34. The van der Waals surface area contributed by atoms with Crippen LogP contribution in [-0.4, -0.2) is 39.3 Å². The van der Waals surface area contributed by atoms with Gasteiger partial charge in [-0.1, -0.05) is 12.1 Å². The Morgan fingerprint density at radius 3 is 2.62 bits per heavy atom. The van der Waals surface area contributed by atoms with E-state index in [-0.39, 0.29) is 4.90 Å². The molecule has 2 atom stereocenters. The highest BCUT2D eigenvalue weighted by Crippen LogP contribution is 2.31. The highest BCUT2D eigenvalue weighted by molar-refractivity contribution is 7.91. The maximum Gasteiger partial charge on any atom is 0.341 e. The molecule has 0 aromatic heterocycles. The molecule has 1 aromatic carbocycles. The smallest absolute Gasteiger partial charge is 0.341 e. The van der Waals surface area contributed by atoms with Crippen LogP contribution < -0.4 is 10.2 Å². The van der Waals surface area contributed by atoms with E-state index in [2.05, 4.69) is 5.32 Å². The van der Waals surface area contributed by atoms with E-state index >= 15 is 0 Å². The topological polar surface area (TPSA) is 49.4 Å². The summed E-state index contributed by atoms with van der Waals surface area (Å²) in [6.07, 6.45) is 3.08. The Morgan fingerprint density at radius 1 is 1.14 bits per heavy atom.